The molecule has 2 N–H and O–H groups in total. The molecule has 0 bridgehead atoms. The van der Waals surface area contributed by atoms with Crippen molar-refractivity contribution in [1.82, 2.24) is 15.1 Å². The van der Waals surface area contributed by atoms with Gasteiger partial charge < -0.3 is 10.4 Å². The topological polar surface area (TPSA) is 67.2 Å². The van der Waals surface area contributed by atoms with Crippen LogP contribution in [0.1, 0.15) is 18.1 Å². The lowest BCUT2D eigenvalue weighted by molar-refractivity contribution is -0.129. The van der Waals surface area contributed by atoms with E-state index in [1.165, 1.54) is 24.3 Å². The van der Waals surface area contributed by atoms with Gasteiger partial charge in [-0.05, 0) is 24.1 Å². The van der Waals surface area contributed by atoms with Crippen LogP contribution in [0, 0.1) is 5.82 Å². The van der Waals surface area contributed by atoms with Crippen LogP contribution in [0.15, 0.2) is 36.7 Å². The minimum atomic E-state index is -1.30. The van der Waals surface area contributed by atoms with Crippen molar-refractivity contribution in [2.45, 2.75) is 19.1 Å². The van der Waals surface area contributed by atoms with Crippen LogP contribution >= 0.6 is 11.6 Å². The molecule has 1 aromatic heterocycles. The van der Waals surface area contributed by atoms with Gasteiger partial charge in [0.05, 0.1) is 11.2 Å². The first-order chi connectivity index (χ1) is 10.1. The van der Waals surface area contributed by atoms with Gasteiger partial charge in [0.1, 0.15) is 5.82 Å². The number of hydrogen-bond acceptors (Lipinski definition) is 3. The van der Waals surface area contributed by atoms with Gasteiger partial charge in [-0.25, -0.2) is 4.39 Å². The van der Waals surface area contributed by atoms with E-state index in [1.54, 1.807) is 17.1 Å². The standard InChI is InChI=1S/C14H15ClFN3O2/c15-11-8-18-19(9-11)7-1-6-17-14(21)13(20)10-2-4-12(16)5-3-10/h2-5,8-9,13,20H,1,6-7H2,(H,17,21)/t13-/m1/s1. The number of nitrogens with zero attached hydrogens (tertiary/aromatic N) is 2. The minimum absolute atomic E-state index is 0.354. The molecule has 0 saturated heterocycles. The van der Waals surface area contributed by atoms with Crippen LogP contribution in [-0.4, -0.2) is 27.3 Å². The first-order valence-corrected chi connectivity index (χ1v) is 6.83. The third kappa shape index (κ3) is 4.54. The highest BCUT2D eigenvalue weighted by Crippen LogP contribution is 2.13. The van der Waals surface area contributed by atoms with Crippen molar-refractivity contribution in [3.05, 3.63) is 53.1 Å². The van der Waals surface area contributed by atoms with Crippen molar-refractivity contribution in [2.75, 3.05) is 6.54 Å². The number of rotatable bonds is 6. The number of nitrogens with one attached hydrogen (secondary N) is 1. The number of benzene rings is 1. The van der Waals surface area contributed by atoms with E-state index in [1.807, 2.05) is 0 Å². The van der Waals surface area contributed by atoms with E-state index in [2.05, 4.69) is 10.4 Å². The molecule has 1 amide bonds. The number of aryl methyl sites for hydroxylation is 1. The SMILES string of the molecule is O=C(NCCCn1cc(Cl)cn1)[C@H](O)c1ccc(F)cc1. The molecule has 2 rings (SSSR count). The first kappa shape index (κ1) is 15.5. The quantitative estimate of drug-likeness (QED) is 0.801. The van der Waals surface area contributed by atoms with Crippen molar-refractivity contribution in [3.63, 3.8) is 0 Å². The van der Waals surface area contributed by atoms with Gasteiger partial charge in [0.15, 0.2) is 6.10 Å². The fraction of sp³-hybridized carbons (Fsp3) is 0.286. The summed E-state index contributed by atoms with van der Waals surface area (Å²) in [6.45, 7) is 1.01. The highest BCUT2D eigenvalue weighted by atomic mass is 35.5. The zero-order valence-corrected chi connectivity index (χ0v) is 11.9. The number of halogens is 2. The van der Waals surface area contributed by atoms with E-state index in [-0.39, 0.29) is 0 Å². The van der Waals surface area contributed by atoms with Gasteiger partial charge >= 0.3 is 0 Å². The summed E-state index contributed by atoms with van der Waals surface area (Å²) < 4.78 is 14.4. The molecular weight excluding hydrogens is 297 g/mol. The largest absolute Gasteiger partial charge is 0.378 e. The van der Waals surface area contributed by atoms with Gasteiger partial charge in [0.25, 0.3) is 5.91 Å². The molecule has 0 aliphatic rings. The Morgan fingerprint density at radius 3 is 2.76 bits per heavy atom. The molecule has 1 heterocycles. The zero-order valence-electron chi connectivity index (χ0n) is 11.2. The number of carbonyl (C=O) groups is 1. The van der Waals surface area contributed by atoms with Crippen LogP contribution in [0.5, 0.6) is 0 Å². The number of aromatic nitrogens is 2. The minimum Gasteiger partial charge on any atom is -0.378 e. The third-order valence-electron chi connectivity index (χ3n) is 2.90. The monoisotopic (exact) mass is 311 g/mol. The highest BCUT2D eigenvalue weighted by molar-refractivity contribution is 6.30. The molecule has 5 nitrogen and oxygen atoms in total. The normalized spacial score (nSPS) is 12.1. The molecule has 2 aromatic rings. The molecule has 21 heavy (non-hydrogen) atoms. The lowest BCUT2D eigenvalue weighted by Gasteiger charge is -2.11. The number of aliphatic hydroxyl groups excluding tert-OH is 1. The Kier molecular flexibility index (Phi) is 5.30. The molecule has 0 aliphatic heterocycles. The lowest BCUT2D eigenvalue weighted by atomic mass is 10.1. The third-order valence-corrected chi connectivity index (χ3v) is 3.09. The van der Waals surface area contributed by atoms with Crippen LogP contribution in [0.25, 0.3) is 0 Å². The summed E-state index contributed by atoms with van der Waals surface area (Å²) in [5, 5.41) is 17.0. The van der Waals surface area contributed by atoms with E-state index >= 15 is 0 Å². The van der Waals surface area contributed by atoms with Gasteiger partial charge in [0, 0.05) is 19.3 Å². The molecule has 1 atom stereocenters. The predicted molar refractivity (Wildman–Crippen MR) is 76.2 cm³/mol. The maximum Gasteiger partial charge on any atom is 0.253 e. The van der Waals surface area contributed by atoms with Crippen LogP contribution in [0.3, 0.4) is 0 Å². The van der Waals surface area contributed by atoms with Crippen molar-refractivity contribution in [1.29, 1.82) is 0 Å². The summed E-state index contributed by atoms with van der Waals surface area (Å²) in [5.41, 5.74) is 0.354. The van der Waals surface area contributed by atoms with E-state index in [0.717, 1.165) is 0 Å². The fourth-order valence-electron chi connectivity index (χ4n) is 1.81. The van der Waals surface area contributed by atoms with Crippen LogP contribution in [0.2, 0.25) is 5.02 Å². The Hall–Kier alpha value is -1.92. The van der Waals surface area contributed by atoms with Gasteiger partial charge in [-0.15, -0.1) is 0 Å². The van der Waals surface area contributed by atoms with E-state index in [9.17, 15) is 14.3 Å². The number of amides is 1. The summed E-state index contributed by atoms with van der Waals surface area (Å²) in [5.74, 6) is -0.927. The summed E-state index contributed by atoms with van der Waals surface area (Å²) >= 11 is 5.73. The van der Waals surface area contributed by atoms with E-state index < -0.39 is 17.8 Å². The summed E-state index contributed by atoms with van der Waals surface area (Å²) in [6, 6.07) is 5.16. The highest BCUT2D eigenvalue weighted by Gasteiger charge is 2.16. The molecule has 7 heteroatoms. The molecule has 112 valence electrons. The Morgan fingerprint density at radius 1 is 1.43 bits per heavy atom. The maximum absolute atomic E-state index is 12.8. The first-order valence-electron chi connectivity index (χ1n) is 6.45. The van der Waals surface area contributed by atoms with Gasteiger partial charge in [-0.2, -0.15) is 5.10 Å². The van der Waals surface area contributed by atoms with Gasteiger partial charge in [0.2, 0.25) is 0 Å². The zero-order chi connectivity index (χ0) is 15.2. The average Bonchev–Trinajstić information content (AvgIpc) is 2.89. The lowest BCUT2D eigenvalue weighted by Crippen LogP contribution is -2.30. The molecule has 0 saturated carbocycles. The van der Waals surface area contributed by atoms with Crippen molar-refractivity contribution in [3.8, 4) is 0 Å². The van der Waals surface area contributed by atoms with Crippen molar-refractivity contribution < 1.29 is 14.3 Å². The van der Waals surface area contributed by atoms with Crippen molar-refractivity contribution in [2.24, 2.45) is 0 Å². The molecule has 0 unspecified atom stereocenters. The molecular formula is C14H15ClFN3O2. The summed E-state index contributed by atoms with van der Waals surface area (Å²) in [4.78, 5) is 11.7. The fourth-order valence-corrected chi connectivity index (χ4v) is 1.96. The number of hydrogen-bond donors (Lipinski definition) is 2. The van der Waals surface area contributed by atoms with Crippen LogP contribution in [-0.2, 0) is 11.3 Å². The Morgan fingerprint density at radius 2 is 2.14 bits per heavy atom. The van der Waals surface area contributed by atoms with Crippen molar-refractivity contribution >= 4 is 17.5 Å². The van der Waals surface area contributed by atoms with Crippen LogP contribution in [0.4, 0.5) is 4.39 Å². The second kappa shape index (κ2) is 7.19. The van der Waals surface area contributed by atoms with E-state index in [0.29, 0.717) is 30.1 Å². The molecule has 0 aliphatic carbocycles. The van der Waals surface area contributed by atoms with Gasteiger partial charge in [-0.1, -0.05) is 23.7 Å². The molecule has 0 radical (unpaired) electrons. The second-order valence-electron chi connectivity index (χ2n) is 4.52. The average molecular weight is 312 g/mol. The number of aliphatic hydroxyl groups is 1. The Bertz CT molecular complexity index is 601. The van der Waals surface area contributed by atoms with Crippen LogP contribution < -0.4 is 5.32 Å². The Labute approximate surface area is 126 Å². The summed E-state index contributed by atoms with van der Waals surface area (Å²) in [6.07, 6.45) is 2.58. The van der Waals surface area contributed by atoms with Gasteiger partial charge in [-0.3, -0.25) is 9.48 Å². The van der Waals surface area contributed by atoms with E-state index in [4.69, 9.17) is 11.6 Å². The Balaban J connectivity index is 1.75. The molecule has 0 spiro atoms. The molecule has 1 aromatic carbocycles. The molecule has 0 fully saturated rings. The number of carbonyl (C=O) groups excluding carboxylic acids is 1. The summed E-state index contributed by atoms with van der Waals surface area (Å²) in [7, 11) is 0. The predicted octanol–water partition coefficient (Wildman–Crippen LogP) is 1.92. The maximum atomic E-state index is 12.8. The smallest absolute Gasteiger partial charge is 0.253 e. The second-order valence-corrected chi connectivity index (χ2v) is 4.96.